The molecule has 3 aromatic carbocycles. The Bertz CT molecular complexity index is 827. The van der Waals surface area contributed by atoms with E-state index in [1.807, 2.05) is 0 Å². The van der Waals surface area contributed by atoms with Crippen LogP contribution in [-0.2, 0) is 4.74 Å². The molecule has 150 valence electrons. The number of para-hydroxylation sites is 1. The van der Waals surface area contributed by atoms with E-state index in [0.717, 1.165) is 19.7 Å². The first kappa shape index (κ1) is 20.7. The molecule has 0 saturated carbocycles. The summed E-state index contributed by atoms with van der Waals surface area (Å²) in [6.07, 6.45) is 0.398. The number of nitro groups is 1. The van der Waals surface area contributed by atoms with Crippen molar-refractivity contribution in [2.45, 2.75) is 19.1 Å². The van der Waals surface area contributed by atoms with Gasteiger partial charge in [0.25, 0.3) is 5.69 Å². The summed E-state index contributed by atoms with van der Waals surface area (Å²) in [6, 6.07) is 29.7. The molecule has 3 aromatic rings. The van der Waals surface area contributed by atoms with Crippen molar-refractivity contribution in [2.24, 2.45) is 0 Å². The molecule has 1 heterocycles. The largest absolute Gasteiger partial charge is 0.376 e. The highest BCUT2D eigenvalue weighted by atomic mass is 16.6. The van der Waals surface area contributed by atoms with Crippen molar-refractivity contribution in [3.05, 3.63) is 112 Å². The van der Waals surface area contributed by atoms with Crippen molar-refractivity contribution in [3.8, 4) is 0 Å². The van der Waals surface area contributed by atoms with Gasteiger partial charge in [0.1, 0.15) is 0 Å². The zero-order valence-electron chi connectivity index (χ0n) is 16.6. The Morgan fingerprint density at radius 3 is 1.72 bits per heavy atom. The predicted octanol–water partition coefficient (Wildman–Crippen LogP) is 5.09. The van der Waals surface area contributed by atoms with Gasteiger partial charge in [-0.25, -0.2) is 0 Å². The molecule has 4 rings (SSSR count). The number of nitro benzene ring substituents is 1. The van der Waals surface area contributed by atoms with Gasteiger partial charge in [0.05, 0.1) is 17.1 Å². The molecule has 0 amide bonds. The number of rotatable bonds is 6. The lowest BCUT2D eigenvalue weighted by molar-refractivity contribution is -0.384. The highest BCUT2D eigenvalue weighted by Gasteiger charge is 2.34. The van der Waals surface area contributed by atoms with Gasteiger partial charge in [-0.1, -0.05) is 78.9 Å². The molecule has 5 heteroatoms. The zero-order valence-corrected chi connectivity index (χ0v) is 16.6. The molecule has 1 saturated heterocycles. The standard InChI is InChI=1S/C18H21NO.C6H5NO2/c1-2-20-17-13-19(14-17)18(15-9-5-3-6-10-15)16-11-7-4-8-12-16;8-7(9)6-4-2-1-3-5-6/h3-12,17-18H,2,13-14H2,1H3;1-5H. The molecule has 5 nitrogen and oxygen atoms in total. The van der Waals surface area contributed by atoms with E-state index in [9.17, 15) is 10.1 Å². The first-order chi connectivity index (χ1) is 14.2. The van der Waals surface area contributed by atoms with Crippen LogP contribution in [0.15, 0.2) is 91.0 Å². The SMILES string of the molecule is CCOC1CN(C(c2ccccc2)c2ccccc2)C1.O=[N+]([O-])c1ccccc1. The fraction of sp³-hybridized carbons (Fsp3) is 0.250. The second-order valence-corrected chi connectivity index (χ2v) is 6.85. The van der Waals surface area contributed by atoms with E-state index in [2.05, 4.69) is 72.5 Å². The fourth-order valence-electron chi connectivity index (χ4n) is 3.46. The van der Waals surface area contributed by atoms with Crippen LogP contribution in [0.2, 0.25) is 0 Å². The summed E-state index contributed by atoms with van der Waals surface area (Å²) in [5.74, 6) is 0. The molecule has 0 radical (unpaired) electrons. The highest BCUT2D eigenvalue weighted by molar-refractivity contribution is 5.32. The van der Waals surface area contributed by atoms with Crippen LogP contribution >= 0.6 is 0 Å². The molecule has 0 bridgehead atoms. The number of hydrogen-bond acceptors (Lipinski definition) is 4. The molecule has 0 N–H and O–H groups in total. The molecule has 29 heavy (non-hydrogen) atoms. The molecule has 0 unspecified atom stereocenters. The lowest BCUT2D eigenvalue weighted by Crippen LogP contribution is -2.53. The minimum Gasteiger partial charge on any atom is -0.376 e. The van der Waals surface area contributed by atoms with E-state index in [0.29, 0.717) is 12.1 Å². The van der Waals surface area contributed by atoms with Crippen molar-refractivity contribution in [3.63, 3.8) is 0 Å². The monoisotopic (exact) mass is 390 g/mol. The van der Waals surface area contributed by atoms with Crippen LogP contribution in [0.5, 0.6) is 0 Å². The zero-order chi connectivity index (χ0) is 20.5. The van der Waals surface area contributed by atoms with E-state index >= 15 is 0 Å². The lowest BCUT2D eigenvalue weighted by atomic mass is 9.94. The highest BCUT2D eigenvalue weighted by Crippen LogP contribution is 2.32. The van der Waals surface area contributed by atoms with Crippen LogP contribution in [0.25, 0.3) is 0 Å². The molecule has 0 aromatic heterocycles. The molecule has 0 spiro atoms. The molecular weight excluding hydrogens is 364 g/mol. The van der Waals surface area contributed by atoms with Crippen LogP contribution < -0.4 is 0 Å². The summed E-state index contributed by atoms with van der Waals surface area (Å²) in [6.45, 7) is 4.90. The molecular formula is C24H26N2O3. The number of benzene rings is 3. The van der Waals surface area contributed by atoms with Gasteiger partial charge in [-0.2, -0.15) is 0 Å². The van der Waals surface area contributed by atoms with Crippen LogP contribution in [-0.4, -0.2) is 35.6 Å². The number of non-ortho nitro benzene ring substituents is 1. The maximum Gasteiger partial charge on any atom is 0.269 e. The van der Waals surface area contributed by atoms with Gasteiger partial charge in [0, 0.05) is 31.8 Å². The van der Waals surface area contributed by atoms with Crippen molar-refractivity contribution >= 4 is 5.69 Å². The Hall–Kier alpha value is -3.02. The summed E-state index contributed by atoms with van der Waals surface area (Å²) >= 11 is 0. The van der Waals surface area contributed by atoms with E-state index in [1.165, 1.54) is 23.3 Å². The average molecular weight is 390 g/mol. The maximum atomic E-state index is 10.0. The third-order valence-corrected chi connectivity index (χ3v) is 4.84. The summed E-state index contributed by atoms with van der Waals surface area (Å²) in [7, 11) is 0. The second kappa shape index (κ2) is 10.5. The van der Waals surface area contributed by atoms with Gasteiger partial charge in [-0.3, -0.25) is 15.0 Å². The Labute approximate surface area is 171 Å². The van der Waals surface area contributed by atoms with Crippen molar-refractivity contribution in [2.75, 3.05) is 19.7 Å². The number of ether oxygens (including phenoxy) is 1. The Morgan fingerprint density at radius 2 is 1.34 bits per heavy atom. The van der Waals surface area contributed by atoms with Gasteiger partial charge in [-0.05, 0) is 18.1 Å². The Morgan fingerprint density at radius 1 is 0.897 bits per heavy atom. The summed E-state index contributed by atoms with van der Waals surface area (Å²) < 4.78 is 5.69. The van der Waals surface area contributed by atoms with E-state index < -0.39 is 4.92 Å². The minimum absolute atomic E-state index is 0.137. The molecule has 1 aliphatic heterocycles. The summed E-state index contributed by atoms with van der Waals surface area (Å²) in [5.41, 5.74) is 2.85. The molecule has 0 atom stereocenters. The van der Waals surface area contributed by atoms with Gasteiger partial charge < -0.3 is 4.74 Å². The third-order valence-electron chi connectivity index (χ3n) is 4.84. The predicted molar refractivity (Wildman–Crippen MR) is 115 cm³/mol. The molecule has 1 fully saturated rings. The summed E-state index contributed by atoms with van der Waals surface area (Å²) in [4.78, 5) is 12.1. The van der Waals surface area contributed by atoms with Gasteiger partial charge >= 0.3 is 0 Å². The first-order valence-corrected chi connectivity index (χ1v) is 9.84. The van der Waals surface area contributed by atoms with Gasteiger partial charge in [0.15, 0.2) is 0 Å². The topological polar surface area (TPSA) is 55.6 Å². The van der Waals surface area contributed by atoms with Crippen LogP contribution in [0.1, 0.15) is 24.1 Å². The van der Waals surface area contributed by atoms with Crippen molar-refractivity contribution in [1.29, 1.82) is 0 Å². The van der Waals surface area contributed by atoms with Crippen molar-refractivity contribution in [1.82, 2.24) is 4.90 Å². The van der Waals surface area contributed by atoms with Crippen molar-refractivity contribution < 1.29 is 9.66 Å². The average Bonchev–Trinajstić information content (AvgIpc) is 2.75. The quantitative estimate of drug-likeness (QED) is 0.434. The molecule has 1 aliphatic rings. The maximum absolute atomic E-state index is 10.0. The number of hydrogen-bond donors (Lipinski definition) is 0. The van der Waals surface area contributed by atoms with Crippen LogP contribution in [0, 0.1) is 10.1 Å². The smallest absolute Gasteiger partial charge is 0.269 e. The Kier molecular flexibility index (Phi) is 7.50. The number of nitrogens with zero attached hydrogens (tertiary/aromatic N) is 2. The normalized spacial score (nSPS) is 14.0. The molecule has 0 aliphatic carbocycles. The van der Waals surface area contributed by atoms with E-state index in [-0.39, 0.29) is 5.69 Å². The van der Waals surface area contributed by atoms with Gasteiger partial charge in [-0.15, -0.1) is 0 Å². The van der Waals surface area contributed by atoms with E-state index in [4.69, 9.17) is 4.74 Å². The van der Waals surface area contributed by atoms with Gasteiger partial charge in [0.2, 0.25) is 0 Å². The lowest BCUT2D eigenvalue weighted by Gasteiger charge is -2.44. The van der Waals surface area contributed by atoms with Crippen LogP contribution in [0.4, 0.5) is 5.69 Å². The number of likely N-dealkylation sites (tertiary alicyclic amines) is 1. The third kappa shape index (κ3) is 5.73. The van der Waals surface area contributed by atoms with Crippen LogP contribution in [0.3, 0.4) is 0 Å². The summed E-state index contributed by atoms with van der Waals surface area (Å²) in [5, 5.41) is 10.0. The fourth-order valence-corrected chi connectivity index (χ4v) is 3.46. The first-order valence-electron chi connectivity index (χ1n) is 9.84. The second-order valence-electron chi connectivity index (χ2n) is 6.85. The van der Waals surface area contributed by atoms with E-state index in [1.54, 1.807) is 18.2 Å². The minimum atomic E-state index is -0.417. The Balaban J connectivity index is 0.000000224.